The van der Waals surface area contributed by atoms with Gasteiger partial charge in [-0.2, -0.15) is 16.8 Å². The van der Waals surface area contributed by atoms with Crippen LogP contribution in [0.1, 0.15) is 0 Å². The first kappa shape index (κ1) is 19.9. The van der Waals surface area contributed by atoms with Crippen molar-refractivity contribution < 1.29 is 25.9 Å². The number of azo groups is 1. The maximum atomic E-state index is 11.5. The summed E-state index contributed by atoms with van der Waals surface area (Å²) in [6, 6.07) is 12.6. The molecule has 0 aliphatic carbocycles. The molecule has 0 atom stereocenters. The van der Waals surface area contributed by atoms with E-state index in [1.807, 2.05) is 0 Å². The number of hydrogen-bond acceptors (Lipinski definition) is 6. The summed E-state index contributed by atoms with van der Waals surface area (Å²) < 4.78 is 64.3. The van der Waals surface area contributed by atoms with Gasteiger partial charge in [-0.05, 0) is 35.7 Å². The zero-order valence-corrected chi connectivity index (χ0v) is 16.0. The summed E-state index contributed by atoms with van der Waals surface area (Å²) in [6.07, 6.45) is 0. The molecule has 0 unspecified atom stereocenters. The molecule has 0 amide bonds. The van der Waals surface area contributed by atoms with E-state index in [9.17, 15) is 25.9 Å². The lowest BCUT2D eigenvalue weighted by Gasteiger charge is -2.18. The molecule has 11 heteroatoms. The van der Waals surface area contributed by atoms with Gasteiger partial charge in [-0.15, -0.1) is 23.0 Å². The van der Waals surface area contributed by atoms with Crippen LogP contribution < -0.4 is 0 Å². The molecule has 0 saturated heterocycles. The van der Waals surface area contributed by atoms with Crippen LogP contribution in [0.5, 0.6) is 0 Å². The second-order valence-corrected chi connectivity index (χ2v) is 8.46. The van der Waals surface area contributed by atoms with Crippen molar-refractivity contribution in [3.63, 3.8) is 0 Å². The SMILES string of the molecule is C[N-]c1ccc(N=Nc2ccccc2S(=O)(=O)O)c2ccc(S(=O)(=O)O)cc12. The Morgan fingerprint density at radius 2 is 1.46 bits per heavy atom. The second kappa shape index (κ2) is 7.28. The molecule has 146 valence electrons. The number of hydrogen-bond donors (Lipinski definition) is 2. The molecule has 0 saturated carbocycles. The smallest absolute Gasteiger partial charge is 0.296 e. The summed E-state index contributed by atoms with van der Waals surface area (Å²) in [5.41, 5.74) is 0.726. The number of fused-ring (bicyclic) bond motifs is 1. The molecule has 0 fully saturated rings. The molecule has 3 rings (SSSR count). The average Bonchev–Trinajstić information content (AvgIpc) is 2.64. The topological polar surface area (TPSA) is 148 Å². The van der Waals surface area contributed by atoms with Crippen LogP contribution in [0, 0.1) is 0 Å². The third-order valence-corrected chi connectivity index (χ3v) is 5.64. The Balaban J connectivity index is 2.17. The van der Waals surface area contributed by atoms with Gasteiger partial charge in [-0.3, -0.25) is 9.11 Å². The van der Waals surface area contributed by atoms with E-state index in [4.69, 9.17) is 0 Å². The summed E-state index contributed by atoms with van der Waals surface area (Å²) in [5.74, 6) is 0. The largest absolute Gasteiger partial charge is 0.686 e. The Morgan fingerprint density at radius 3 is 2.11 bits per heavy atom. The number of rotatable bonds is 5. The zero-order chi connectivity index (χ0) is 20.5. The van der Waals surface area contributed by atoms with Crippen LogP contribution >= 0.6 is 0 Å². The molecule has 3 aromatic rings. The standard InChI is InChI=1S/C17H14N3O6S2/c1-18-14-8-9-15(12-7-6-11(10-13(12)14)27(21,22)23)19-20-16-4-2-3-5-17(16)28(24,25)26/h2-10H,1H3,(H,21,22,23)(H,24,25,26)/q-1. The highest BCUT2D eigenvalue weighted by Gasteiger charge is 2.15. The van der Waals surface area contributed by atoms with E-state index in [-0.39, 0.29) is 10.6 Å². The molecule has 2 N–H and O–H groups in total. The van der Waals surface area contributed by atoms with Crippen molar-refractivity contribution in [1.82, 2.24) is 0 Å². The fourth-order valence-electron chi connectivity index (χ4n) is 2.60. The summed E-state index contributed by atoms with van der Waals surface area (Å²) in [4.78, 5) is -0.687. The van der Waals surface area contributed by atoms with Gasteiger partial charge < -0.3 is 5.32 Å². The van der Waals surface area contributed by atoms with Crippen molar-refractivity contribution in [3.8, 4) is 0 Å². The van der Waals surface area contributed by atoms with Gasteiger partial charge in [0.05, 0.1) is 10.6 Å². The van der Waals surface area contributed by atoms with Gasteiger partial charge in [0.2, 0.25) is 0 Å². The monoisotopic (exact) mass is 420 g/mol. The average molecular weight is 420 g/mol. The summed E-state index contributed by atoms with van der Waals surface area (Å²) >= 11 is 0. The molecule has 0 aliphatic rings. The maximum Gasteiger partial charge on any atom is 0.296 e. The van der Waals surface area contributed by atoms with Gasteiger partial charge in [-0.1, -0.05) is 24.3 Å². The van der Waals surface area contributed by atoms with Crippen molar-refractivity contribution in [1.29, 1.82) is 0 Å². The molecule has 0 aliphatic heterocycles. The third-order valence-electron chi connectivity index (χ3n) is 3.89. The molecule has 0 radical (unpaired) electrons. The molecule has 0 bridgehead atoms. The predicted molar refractivity (Wildman–Crippen MR) is 103 cm³/mol. The minimum absolute atomic E-state index is 0.0584. The first-order valence-corrected chi connectivity index (χ1v) is 10.6. The highest BCUT2D eigenvalue weighted by molar-refractivity contribution is 7.86. The molecular weight excluding hydrogens is 406 g/mol. The van der Waals surface area contributed by atoms with E-state index in [0.29, 0.717) is 22.1 Å². The van der Waals surface area contributed by atoms with Crippen LogP contribution in [0.2, 0.25) is 0 Å². The van der Waals surface area contributed by atoms with Crippen LogP contribution in [0.4, 0.5) is 17.1 Å². The van der Waals surface area contributed by atoms with Crippen molar-refractivity contribution in [2.75, 3.05) is 7.05 Å². The van der Waals surface area contributed by atoms with E-state index in [2.05, 4.69) is 15.5 Å². The van der Waals surface area contributed by atoms with Gasteiger partial charge in [0.15, 0.2) is 0 Å². The van der Waals surface area contributed by atoms with Crippen molar-refractivity contribution in [3.05, 3.63) is 59.9 Å². The van der Waals surface area contributed by atoms with Crippen LogP contribution in [-0.2, 0) is 20.2 Å². The fourth-order valence-corrected chi connectivity index (χ4v) is 3.73. The zero-order valence-electron chi connectivity index (χ0n) is 14.4. The van der Waals surface area contributed by atoms with Crippen molar-refractivity contribution in [2.45, 2.75) is 9.79 Å². The maximum absolute atomic E-state index is 11.5. The molecule has 0 heterocycles. The first-order valence-electron chi connectivity index (χ1n) is 7.73. The lowest BCUT2D eigenvalue weighted by atomic mass is 10.1. The van der Waals surface area contributed by atoms with Crippen LogP contribution in [0.25, 0.3) is 16.1 Å². The Morgan fingerprint density at radius 1 is 0.786 bits per heavy atom. The molecule has 0 aromatic heterocycles. The third kappa shape index (κ3) is 4.02. The van der Waals surface area contributed by atoms with E-state index in [1.54, 1.807) is 18.2 Å². The van der Waals surface area contributed by atoms with Gasteiger partial charge in [-0.25, -0.2) is 0 Å². The normalized spacial score (nSPS) is 12.5. The summed E-state index contributed by atoms with van der Waals surface area (Å²) in [7, 11) is -7.35. The second-order valence-electron chi connectivity index (χ2n) is 5.65. The van der Waals surface area contributed by atoms with Crippen LogP contribution in [0.15, 0.2) is 74.6 Å². The molecule has 9 nitrogen and oxygen atoms in total. The Hall–Kier alpha value is -2.86. The minimum Gasteiger partial charge on any atom is -0.686 e. The van der Waals surface area contributed by atoms with Crippen molar-refractivity contribution in [2.24, 2.45) is 10.2 Å². The lowest BCUT2D eigenvalue weighted by molar-refractivity contribution is 0.481. The minimum atomic E-state index is -4.48. The number of nitrogens with zero attached hydrogens (tertiary/aromatic N) is 3. The molecule has 0 spiro atoms. The van der Waals surface area contributed by atoms with Crippen LogP contribution in [-0.4, -0.2) is 33.0 Å². The Kier molecular flexibility index (Phi) is 5.17. The van der Waals surface area contributed by atoms with Gasteiger partial charge in [0, 0.05) is 5.39 Å². The molecule has 28 heavy (non-hydrogen) atoms. The van der Waals surface area contributed by atoms with Gasteiger partial charge >= 0.3 is 0 Å². The van der Waals surface area contributed by atoms with Gasteiger partial charge in [0.1, 0.15) is 10.6 Å². The predicted octanol–water partition coefficient (Wildman–Crippen LogP) is 4.38. The van der Waals surface area contributed by atoms with E-state index < -0.39 is 25.1 Å². The first-order chi connectivity index (χ1) is 13.1. The molecular formula is C17H14N3O6S2-. The highest BCUT2D eigenvalue weighted by Crippen LogP contribution is 2.37. The fraction of sp³-hybridized carbons (Fsp3) is 0.0588. The summed E-state index contributed by atoms with van der Waals surface area (Å²) in [6.45, 7) is 0. The van der Waals surface area contributed by atoms with Crippen LogP contribution in [0.3, 0.4) is 0 Å². The Labute approximate surface area is 161 Å². The quantitative estimate of drug-likeness (QED) is 0.462. The van der Waals surface area contributed by atoms with Gasteiger partial charge in [0.25, 0.3) is 20.2 Å². The van der Waals surface area contributed by atoms with E-state index >= 15 is 0 Å². The van der Waals surface area contributed by atoms with Crippen molar-refractivity contribution >= 4 is 48.1 Å². The Bertz CT molecular complexity index is 1300. The molecule has 3 aromatic carbocycles. The van der Waals surface area contributed by atoms with E-state index in [0.717, 1.165) is 0 Å². The van der Waals surface area contributed by atoms with E-state index in [1.165, 1.54) is 43.4 Å². The summed E-state index contributed by atoms with van der Waals surface area (Å²) in [5, 5.41) is 12.9. The lowest BCUT2D eigenvalue weighted by Crippen LogP contribution is -1.97. The number of benzene rings is 3. The highest BCUT2D eigenvalue weighted by atomic mass is 32.2.